The molecule has 6 nitrogen and oxygen atoms in total. The van der Waals surface area contributed by atoms with Crippen molar-refractivity contribution in [1.29, 1.82) is 0 Å². The van der Waals surface area contributed by atoms with Crippen LogP contribution in [0, 0.1) is 0 Å². The highest BCUT2D eigenvalue weighted by atomic mass is 16.2. The van der Waals surface area contributed by atoms with Crippen molar-refractivity contribution in [3.05, 3.63) is 35.9 Å². The maximum absolute atomic E-state index is 12.8. The summed E-state index contributed by atoms with van der Waals surface area (Å²) in [4.78, 5) is 29.8. The van der Waals surface area contributed by atoms with Crippen LogP contribution in [0.5, 0.6) is 0 Å². The van der Waals surface area contributed by atoms with Gasteiger partial charge in [0.15, 0.2) is 0 Å². The van der Waals surface area contributed by atoms with Gasteiger partial charge < -0.3 is 20.4 Å². The van der Waals surface area contributed by atoms with Crippen molar-refractivity contribution in [1.82, 2.24) is 20.4 Å². The second-order valence-corrected chi connectivity index (χ2v) is 7.40. The Bertz CT molecular complexity index is 615. The summed E-state index contributed by atoms with van der Waals surface area (Å²) in [6.45, 7) is 8.43. The van der Waals surface area contributed by atoms with E-state index >= 15 is 0 Å². The van der Waals surface area contributed by atoms with Crippen LogP contribution >= 0.6 is 0 Å². The van der Waals surface area contributed by atoms with Gasteiger partial charge in [0.05, 0.1) is 0 Å². The SMILES string of the molecule is CC1(C(=O)NCCCN2CCNCC2)CCCN1C(=O)c1ccccc1. The number of benzene rings is 1. The molecule has 0 saturated carbocycles. The molecule has 0 radical (unpaired) electrons. The van der Waals surface area contributed by atoms with Crippen molar-refractivity contribution in [3.8, 4) is 0 Å². The fourth-order valence-corrected chi connectivity index (χ4v) is 3.89. The van der Waals surface area contributed by atoms with Gasteiger partial charge in [0.1, 0.15) is 5.54 Å². The predicted octanol–water partition coefficient (Wildman–Crippen LogP) is 1.09. The number of rotatable bonds is 6. The van der Waals surface area contributed by atoms with E-state index in [1.54, 1.807) is 4.90 Å². The van der Waals surface area contributed by atoms with Crippen LogP contribution in [0.25, 0.3) is 0 Å². The fourth-order valence-electron chi connectivity index (χ4n) is 3.89. The Hall–Kier alpha value is -1.92. The van der Waals surface area contributed by atoms with Gasteiger partial charge in [-0.05, 0) is 44.9 Å². The highest BCUT2D eigenvalue weighted by molar-refractivity contribution is 5.99. The van der Waals surface area contributed by atoms with Gasteiger partial charge in [0.25, 0.3) is 5.91 Å². The zero-order valence-corrected chi connectivity index (χ0v) is 15.7. The molecular formula is C20H30N4O2. The van der Waals surface area contributed by atoms with Crippen molar-refractivity contribution in [2.45, 2.75) is 31.7 Å². The largest absolute Gasteiger partial charge is 0.354 e. The summed E-state index contributed by atoms with van der Waals surface area (Å²) in [5.74, 6) is -0.0823. The quantitative estimate of drug-likeness (QED) is 0.748. The number of amides is 2. The van der Waals surface area contributed by atoms with Gasteiger partial charge in [-0.2, -0.15) is 0 Å². The van der Waals surface area contributed by atoms with Gasteiger partial charge in [-0.15, -0.1) is 0 Å². The van der Waals surface area contributed by atoms with E-state index in [1.807, 2.05) is 37.3 Å². The molecule has 6 heteroatoms. The van der Waals surface area contributed by atoms with Gasteiger partial charge in [0, 0.05) is 44.8 Å². The second-order valence-electron chi connectivity index (χ2n) is 7.40. The van der Waals surface area contributed by atoms with Gasteiger partial charge in [-0.25, -0.2) is 0 Å². The molecule has 2 fully saturated rings. The Kier molecular flexibility index (Phi) is 6.27. The smallest absolute Gasteiger partial charge is 0.254 e. The van der Waals surface area contributed by atoms with Crippen molar-refractivity contribution in [2.75, 3.05) is 45.8 Å². The first-order valence-corrected chi connectivity index (χ1v) is 9.70. The Balaban J connectivity index is 1.52. The Labute approximate surface area is 155 Å². The van der Waals surface area contributed by atoms with Gasteiger partial charge in [-0.3, -0.25) is 9.59 Å². The highest BCUT2D eigenvalue weighted by Gasteiger charge is 2.45. The van der Waals surface area contributed by atoms with E-state index in [0.29, 0.717) is 18.7 Å². The molecule has 2 amide bonds. The molecule has 3 rings (SSSR count). The summed E-state index contributed by atoms with van der Waals surface area (Å²) in [5, 5.41) is 6.41. The first kappa shape index (κ1) is 18.9. The van der Waals surface area contributed by atoms with Crippen LogP contribution in [-0.2, 0) is 4.79 Å². The van der Waals surface area contributed by atoms with E-state index in [1.165, 1.54) is 0 Å². The lowest BCUT2D eigenvalue weighted by Gasteiger charge is -2.34. The summed E-state index contributed by atoms with van der Waals surface area (Å²) < 4.78 is 0. The molecular weight excluding hydrogens is 328 g/mol. The lowest BCUT2D eigenvalue weighted by molar-refractivity contribution is -0.129. The van der Waals surface area contributed by atoms with E-state index in [-0.39, 0.29) is 11.8 Å². The van der Waals surface area contributed by atoms with Crippen LogP contribution in [0.2, 0.25) is 0 Å². The number of hydrogen-bond acceptors (Lipinski definition) is 4. The molecule has 26 heavy (non-hydrogen) atoms. The first-order chi connectivity index (χ1) is 12.6. The number of piperazine rings is 1. The Morgan fingerprint density at radius 3 is 2.62 bits per heavy atom. The lowest BCUT2D eigenvalue weighted by atomic mass is 9.96. The number of likely N-dealkylation sites (tertiary alicyclic amines) is 1. The third kappa shape index (κ3) is 4.24. The van der Waals surface area contributed by atoms with Crippen molar-refractivity contribution >= 4 is 11.8 Å². The summed E-state index contributed by atoms with van der Waals surface area (Å²) in [5.41, 5.74) is -0.103. The summed E-state index contributed by atoms with van der Waals surface area (Å²) in [6, 6.07) is 9.23. The first-order valence-electron chi connectivity index (χ1n) is 9.70. The molecule has 1 aromatic rings. The monoisotopic (exact) mass is 358 g/mol. The molecule has 2 N–H and O–H groups in total. The molecule has 0 spiro atoms. The van der Waals surface area contributed by atoms with Crippen molar-refractivity contribution < 1.29 is 9.59 Å². The zero-order chi connectivity index (χ0) is 18.4. The average Bonchev–Trinajstić information content (AvgIpc) is 3.09. The van der Waals surface area contributed by atoms with Crippen LogP contribution in [-0.4, -0.2) is 73.0 Å². The minimum absolute atomic E-state index is 0.0282. The molecule has 2 aliphatic rings. The van der Waals surface area contributed by atoms with Crippen LogP contribution < -0.4 is 10.6 Å². The maximum Gasteiger partial charge on any atom is 0.254 e. The van der Waals surface area contributed by atoms with Gasteiger partial charge in [-0.1, -0.05) is 18.2 Å². The van der Waals surface area contributed by atoms with Crippen LogP contribution in [0.3, 0.4) is 0 Å². The van der Waals surface area contributed by atoms with Gasteiger partial charge >= 0.3 is 0 Å². The number of carbonyl (C=O) groups excluding carboxylic acids is 2. The number of nitrogens with one attached hydrogen (secondary N) is 2. The normalized spacial score (nSPS) is 23.8. The molecule has 1 aromatic carbocycles. The van der Waals surface area contributed by atoms with Gasteiger partial charge in [0.2, 0.25) is 5.91 Å². The molecule has 0 bridgehead atoms. The van der Waals surface area contributed by atoms with E-state index in [4.69, 9.17) is 0 Å². The standard InChI is InChI=1S/C20H30N4O2/c1-20(19(26)22-10-6-13-23-15-11-21-12-16-23)9-5-14-24(20)18(25)17-7-3-2-4-8-17/h2-4,7-8,21H,5-6,9-16H2,1H3,(H,22,26). The van der Waals surface area contributed by atoms with E-state index < -0.39 is 5.54 Å². The number of hydrogen-bond donors (Lipinski definition) is 2. The van der Waals surface area contributed by atoms with Crippen molar-refractivity contribution in [3.63, 3.8) is 0 Å². The highest BCUT2D eigenvalue weighted by Crippen LogP contribution is 2.30. The molecule has 0 aliphatic carbocycles. The van der Waals surface area contributed by atoms with Crippen LogP contribution in [0.15, 0.2) is 30.3 Å². The molecule has 2 saturated heterocycles. The minimum Gasteiger partial charge on any atom is -0.354 e. The average molecular weight is 358 g/mol. The van der Waals surface area contributed by atoms with Crippen molar-refractivity contribution in [2.24, 2.45) is 0 Å². The second kappa shape index (κ2) is 8.64. The van der Waals surface area contributed by atoms with E-state index in [9.17, 15) is 9.59 Å². The Morgan fingerprint density at radius 2 is 1.88 bits per heavy atom. The predicted molar refractivity (Wildman–Crippen MR) is 102 cm³/mol. The number of nitrogens with zero attached hydrogens (tertiary/aromatic N) is 2. The lowest BCUT2D eigenvalue weighted by Crippen LogP contribution is -2.55. The Morgan fingerprint density at radius 1 is 1.15 bits per heavy atom. The third-order valence-corrected chi connectivity index (χ3v) is 5.54. The topological polar surface area (TPSA) is 64.7 Å². The molecule has 0 aromatic heterocycles. The van der Waals surface area contributed by atoms with Crippen LogP contribution in [0.4, 0.5) is 0 Å². The molecule has 2 aliphatic heterocycles. The maximum atomic E-state index is 12.8. The third-order valence-electron chi connectivity index (χ3n) is 5.54. The minimum atomic E-state index is -0.748. The van der Waals surface area contributed by atoms with Crippen LogP contribution in [0.1, 0.15) is 36.5 Å². The number of carbonyl (C=O) groups is 2. The summed E-state index contributed by atoms with van der Waals surface area (Å²) in [6.07, 6.45) is 2.52. The van der Waals surface area contributed by atoms with E-state index in [2.05, 4.69) is 15.5 Å². The van der Waals surface area contributed by atoms with E-state index in [0.717, 1.165) is 52.0 Å². The summed E-state index contributed by atoms with van der Waals surface area (Å²) in [7, 11) is 0. The fraction of sp³-hybridized carbons (Fsp3) is 0.600. The molecule has 1 unspecified atom stereocenters. The summed E-state index contributed by atoms with van der Waals surface area (Å²) >= 11 is 0. The molecule has 1 atom stereocenters. The molecule has 142 valence electrons. The zero-order valence-electron chi connectivity index (χ0n) is 15.7. The molecule has 2 heterocycles.